The quantitative estimate of drug-likeness (QED) is 0.157. The van der Waals surface area contributed by atoms with E-state index in [1.165, 1.54) is 104 Å². The van der Waals surface area contributed by atoms with Crippen molar-refractivity contribution in [1.29, 1.82) is 0 Å². The highest BCUT2D eigenvalue weighted by Crippen LogP contribution is 2.68. The van der Waals surface area contributed by atoms with Crippen LogP contribution in [-0.2, 0) is 10.8 Å². The SMILES string of the molecule is CC1CC2=C(C=C1N(c1ccccc1)c1ccccc1)C1(c3ccccc32)c2cc(N(c3ccc(-c4ccccc4)cc3)c3ccc4c(c3)C(C)(C)c3ccccc3-4)ccc2-c2c1sc1ccccc21. The van der Waals surface area contributed by atoms with Crippen molar-refractivity contribution in [3.8, 4) is 33.4 Å². The van der Waals surface area contributed by atoms with Gasteiger partial charge in [-0.15, -0.1) is 11.3 Å². The number of hydrogen-bond acceptors (Lipinski definition) is 3. The number of anilines is 5. The van der Waals surface area contributed by atoms with Gasteiger partial charge in [-0.3, -0.25) is 0 Å². The summed E-state index contributed by atoms with van der Waals surface area (Å²) in [5, 5.41) is 1.33. The minimum atomic E-state index is -0.537. The van der Waals surface area contributed by atoms with Crippen LogP contribution in [0, 0.1) is 5.92 Å². The number of benzene rings is 9. The minimum Gasteiger partial charge on any atom is -0.314 e. The van der Waals surface area contributed by atoms with Crippen molar-refractivity contribution >= 4 is 55.4 Å². The van der Waals surface area contributed by atoms with Gasteiger partial charge in [0.2, 0.25) is 0 Å². The molecule has 0 fully saturated rings. The van der Waals surface area contributed by atoms with Crippen LogP contribution >= 0.6 is 11.3 Å². The van der Waals surface area contributed by atoms with E-state index >= 15 is 0 Å². The molecule has 0 saturated heterocycles. The van der Waals surface area contributed by atoms with Crippen molar-refractivity contribution in [2.45, 2.75) is 38.0 Å². The second-order valence-electron chi connectivity index (χ2n) is 20.0. The Bertz CT molecular complexity index is 3750. The van der Waals surface area contributed by atoms with Gasteiger partial charge in [0.15, 0.2) is 0 Å². The molecule has 14 rings (SSSR count). The molecule has 2 nitrogen and oxygen atoms in total. The molecule has 10 aromatic rings. The number of fused-ring (bicyclic) bond motifs is 14. The van der Waals surface area contributed by atoms with E-state index < -0.39 is 5.41 Å². The van der Waals surface area contributed by atoms with Crippen molar-refractivity contribution in [3.63, 3.8) is 0 Å². The zero-order valence-corrected chi connectivity index (χ0v) is 40.3. The second kappa shape index (κ2) is 15.5. The highest BCUT2D eigenvalue weighted by Gasteiger charge is 2.55. The maximum Gasteiger partial charge on any atom is 0.0817 e. The third-order valence-electron chi connectivity index (χ3n) is 15.9. The van der Waals surface area contributed by atoms with E-state index in [0.29, 0.717) is 0 Å². The topological polar surface area (TPSA) is 6.48 Å². The fourth-order valence-corrected chi connectivity index (χ4v) is 14.2. The largest absolute Gasteiger partial charge is 0.314 e. The monoisotopic (exact) mass is 914 g/mol. The normalized spacial score (nSPS) is 17.6. The zero-order chi connectivity index (χ0) is 46.7. The van der Waals surface area contributed by atoms with Crippen LogP contribution in [0.1, 0.15) is 59.9 Å². The van der Waals surface area contributed by atoms with Crippen LogP contribution in [0.4, 0.5) is 28.4 Å². The lowest BCUT2D eigenvalue weighted by Crippen LogP contribution is -2.30. The Kier molecular flexibility index (Phi) is 9.10. The zero-order valence-electron chi connectivity index (χ0n) is 39.5. The summed E-state index contributed by atoms with van der Waals surface area (Å²) < 4.78 is 1.33. The van der Waals surface area contributed by atoms with Crippen molar-refractivity contribution < 1.29 is 0 Å². The van der Waals surface area contributed by atoms with Crippen LogP contribution in [0.2, 0.25) is 0 Å². The van der Waals surface area contributed by atoms with Gasteiger partial charge in [-0.2, -0.15) is 0 Å². The Morgan fingerprint density at radius 3 is 1.69 bits per heavy atom. The molecular weight excluding hydrogens is 865 g/mol. The molecule has 0 saturated carbocycles. The predicted molar refractivity (Wildman–Crippen MR) is 295 cm³/mol. The van der Waals surface area contributed by atoms with Gasteiger partial charge >= 0.3 is 0 Å². The molecule has 0 N–H and O–H groups in total. The molecule has 0 radical (unpaired) electrons. The maximum absolute atomic E-state index is 2.61. The summed E-state index contributed by atoms with van der Waals surface area (Å²) in [7, 11) is 0. The molecule has 0 bridgehead atoms. The summed E-state index contributed by atoms with van der Waals surface area (Å²) in [6, 6.07) is 83.8. The molecule has 70 heavy (non-hydrogen) atoms. The van der Waals surface area contributed by atoms with E-state index in [4.69, 9.17) is 0 Å². The average Bonchev–Trinajstić information content (AvgIpc) is 4.09. The van der Waals surface area contributed by atoms with E-state index in [-0.39, 0.29) is 11.3 Å². The number of rotatable bonds is 7. The number of allylic oxidation sites excluding steroid dienone is 4. The van der Waals surface area contributed by atoms with Gasteiger partial charge in [0, 0.05) is 66.0 Å². The first kappa shape index (κ1) is 41.0. The summed E-state index contributed by atoms with van der Waals surface area (Å²) in [6.07, 6.45) is 3.55. The molecule has 1 spiro atoms. The van der Waals surface area contributed by atoms with E-state index in [1.807, 2.05) is 11.3 Å². The summed E-state index contributed by atoms with van der Waals surface area (Å²) in [5.41, 5.74) is 23.9. The number of thiophene rings is 1. The van der Waals surface area contributed by atoms with Gasteiger partial charge in [-0.1, -0.05) is 178 Å². The molecule has 0 aliphatic heterocycles. The molecule has 334 valence electrons. The first-order valence-electron chi connectivity index (χ1n) is 24.7. The maximum atomic E-state index is 2.61. The minimum absolute atomic E-state index is 0.145. The van der Waals surface area contributed by atoms with Crippen LogP contribution in [0.5, 0.6) is 0 Å². The molecule has 1 aromatic heterocycles. The third kappa shape index (κ3) is 5.85. The Balaban J connectivity index is 1.02. The van der Waals surface area contributed by atoms with Gasteiger partial charge in [0.1, 0.15) is 0 Å². The number of nitrogens with zero attached hydrogens (tertiary/aromatic N) is 2. The fraction of sp³-hybridized carbons (Fsp3) is 0.104. The van der Waals surface area contributed by atoms with Gasteiger partial charge in [0.05, 0.1) is 5.41 Å². The van der Waals surface area contributed by atoms with Gasteiger partial charge < -0.3 is 9.80 Å². The van der Waals surface area contributed by atoms with Crippen molar-refractivity contribution in [2.75, 3.05) is 9.80 Å². The lowest BCUT2D eigenvalue weighted by atomic mass is 9.71. The van der Waals surface area contributed by atoms with Crippen LogP contribution < -0.4 is 9.80 Å². The Morgan fingerprint density at radius 1 is 0.443 bits per heavy atom. The lowest BCUT2D eigenvalue weighted by Gasteiger charge is -2.37. The van der Waals surface area contributed by atoms with Crippen molar-refractivity contribution in [2.24, 2.45) is 5.92 Å². The highest BCUT2D eigenvalue weighted by molar-refractivity contribution is 7.20. The predicted octanol–water partition coefficient (Wildman–Crippen LogP) is 18.2. The molecule has 2 unspecified atom stereocenters. The first-order chi connectivity index (χ1) is 34.4. The Hall–Kier alpha value is -7.98. The molecular formula is C67H50N2S. The van der Waals surface area contributed by atoms with Crippen LogP contribution in [0.15, 0.2) is 242 Å². The van der Waals surface area contributed by atoms with E-state index in [0.717, 1.165) is 23.5 Å². The summed E-state index contributed by atoms with van der Waals surface area (Å²) >= 11 is 1.98. The van der Waals surface area contributed by atoms with E-state index in [1.54, 1.807) is 0 Å². The summed E-state index contributed by atoms with van der Waals surface area (Å²) in [5.74, 6) is 0.265. The van der Waals surface area contributed by atoms with Gasteiger partial charge in [-0.25, -0.2) is 0 Å². The third-order valence-corrected chi connectivity index (χ3v) is 17.2. The number of hydrogen-bond donors (Lipinski definition) is 0. The first-order valence-corrected chi connectivity index (χ1v) is 25.5. The molecule has 4 aliphatic carbocycles. The highest BCUT2D eigenvalue weighted by atomic mass is 32.1. The van der Waals surface area contributed by atoms with Crippen LogP contribution in [0.3, 0.4) is 0 Å². The van der Waals surface area contributed by atoms with Crippen molar-refractivity contribution in [1.82, 2.24) is 0 Å². The smallest absolute Gasteiger partial charge is 0.0817 e. The Labute approximate surface area is 414 Å². The molecule has 4 aliphatic rings. The lowest BCUT2D eigenvalue weighted by molar-refractivity contribution is 0.660. The fourth-order valence-electron chi connectivity index (χ4n) is 12.7. The Morgan fingerprint density at radius 2 is 0.971 bits per heavy atom. The molecule has 9 aromatic carbocycles. The van der Waals surface area contributed by atoms with E-state index in [9.17, 15) is 0 Å². The second-order valence-corrected chi connectivity index (χ2v) is 21.1. The number of para-hydroxylation sites is 2. The van der Waals surface area contributed by atoms with Gasteiger partial charge in [0.25, 0.3) is 0 Å². The van der Waals surface area contributed by atoms with Crippen molar-refractivity contribution in [3.05, 3.63) is 274 Å². The molecule has 1 heterocycles. The van der Waals surface area contributed by atoms with Gasteiger partial charge in [-0.05, 0) is 146 Å². The average molecular weight is 915 g/mol. The standard InChI is InChI=1S/C67H50N2S/c1-43-39-56-52-26-14-17-29-58(52)67(61(56)42-62(43)69(46-21-9-5-10-22-46)47-23-11-6-12-24-47)60-41-50(36-38-54(60)64-55-27-15-18-30-63(55)70-65(64)67)68(48-33-31-45(32-34-48)44-19-7-4-8-20-44)49-35-37-53-51-25-13-16-28-57(51)66(2,3)59(53)40-49/h4-38,40-43H,39H2,1-3H3. The molecule has 2 atom stereocenters. The molecule has 0 amide bonds. The van der Waals surface area contributed by atoms with Crippen LogP contribution in [-0.4, -0.2) is 0 Å². The van der Waals surface area contributed by atoms with E-state index in [2.05, 4.69) is 261 Å². The summed E-state index contributed by atoms with van der Waals surface area (Å²) in [6.45, 7) is 7.19. The van der Waals surface area contributed by atoms with Crippen LogP contribution in [0.25, 0.3) is 49.0 Å². The molecule has 3 heteroatoms. The summed E-state index contributed by atoms with van der Waals surface area (Å²) in [4.78, 5) is 6.45.